The van der Waals surface area contributed by atoms with Gasteiger partial charge in [0.25, 0.3) is 0 Å². The number of anilines is 2. The van der Waals surface area contributed by atoms with Crippen molar-refractivity contribution >= 4 is 128 Å². The number of fused-ring (bicyclic) bond motifs is 2. The molecule has 0 saturated heterocycles. The van der Waals surface area contributed by atoms with Crippen molar-refractivity contribution in [3.8, 4) is 0 Å². The Labute approximate surface area is 382 Å². The van der Waals surface area contributed by atoms with Crippen LogP contribution in [0.25, 0.3) is 11.1 Å². The van der Waals surface area contributed by atoms with Crippen molar-refractivity contribution in [2.24, 2.45) is 0 Å². The number of carbonyl (C=O) groups excluding carboxylic acids is 4. The maximum atomic E-state index is 13.0. The van der Waals surface area contributed by atoms with Gasteiger partial charge >= 0.3 is 23.9 Å². The van der Waals surface area contributed by atoms with E-state index in [0.29, 0.717) is 18.2 Å². The zero-order valence-electron chi connectivity index (χ0n) is 35.0. The van der Waals surface area contributed by atoms with E-state index in [9.17, 15) is 19.2 Å². The summed E-state index contributed by atoms with van der Waals surface area (Å²) in [6, 6.07) is 23.0. The van der Waals surface area contributed by atoms with Crippen molar-refractivity contribution in [1.82, 2.24) is 0 Å². The van der Waals surface area contributed by atoms with E-state index in [2.05, 4.69) is 86.0 Å². The first-order chi connectivity index (χ1) is 28.9. The first kappa shape index (κ1) is 44.7. The lowest BCUT2D eigenvalue weighted by molar-refractivity contribution is -0.138. The van der Waals surface area contributed by atoms with Gasteiger partial charge in [-0.25, -0.2) is 19.2 Å². The fraction of sp³-hybridized carbons (Fsp3) is 0.289. The van der Waals surface area contributed by atoms with Crippen molar-refractivity contribution in [2.75, 3.05) is 52.3 Å². The Hall–Kier alpha value is -4.32. The second kappa shape index (κ2) is 17.1. The van der Waals surface area contributed by atoms with E-state index in [-0.39, 0.29) is 25.5 Å². The number of ether oxygens (including phenoxy) is 4. The number of thioether (sulfide) groups is 4. The van der Waals surface area contributed by atoms with E-state index in [1.54, 1.807) is 0 Å². The molecule has 0 spiro atoms. The summed E-state index contributed by atoms with van der Waals surface area (Å²) in [6.07, 6.45) is 0. The van der Waals surface area contributed by atoms with Crippen molar-refractivity contribution in [3.05, 3.63) is 123 Å². The Morgan fingerprint density at radius 3 is 1.16 bits per heavy atom. The first-order valence-electron chi connectivity index (χ1n) is 18.8. The fourth-order valence-corrected chi connectivity index (χ4v) is 13.7. The maximum absolute atomic E-state index is 13.0. The molecular weight excluding hydrogens is 889 g/mol. The summed E-state index contributed by atoms with van der Waals surface area (Å²) in [4.78, 5) is 58.2. The summed E-state index contributed by atoms with van der Waals surface area (Å²) in [5.41, 5.74) is 6.86. The Kier molecular flexibility index (Phi) is 12.5. The van der Waals surface area contributed by atoms with E-state index in [4.69, 9.17) is 43.4 Å². The lowest BCUT2D eigenvalue weighted by atomic mass is 9.78. The largest absolute Gasteiger partial charge is 0.465 e. The fourth-order valence-electron chi connectivity index (χ4n) is 7.55. The second-order valence-corrected chi connectivity index (χ2v) is 20.7. The lowest BCUT2D eigenvalue weighted by Gasteiger charge is -2.45. The SMILES string of the molecule is COC(=O)C1=C(C(=O)OC)SC(=C2C(=S)C(C)(C)N(C)c3ccc(C(c4ccccc4)c4ccc5c(c4)C(=C4SC(C(=O)OC)=C(C(=O)OC)S4)C(=S)C(C)(C)N5C)cc32)S1. The number of thiocarbonyl (C=S) groups is 2. The number of esters is 4. The summed E-state index contributed by atoms with van der Waals surface area (Å²) < 4.78 is 21.7. The van der Waals surface area contributed by atoms with Crippen molar-refractivity contribution in [2.45, 2.75) is 44.7 Å². The molecule has 316 valence electrons. The maximum Gasteiger partial charge on any atom is 0.346 e. The highest BCUT2D eigenvalue weighted by Crippen LogP contribution is 2.58. The molecule has 3 aromatic carbocycles. The molecule has 3 aromatic rings. The van der Waals surface area contributed by atoms with Gasteiger partial charge in [0.1, 0.15) is 19.6 Å². The molecule has 0 unspecified atom stereocenters. The van der Waals surface area contributed by atoms with Crippen LogP contribution < -0.4 is 9.80 Å². The quantitative estimate of drug-likeness (QED) is 0.0737. The van der Waals surface area contributed by atoms with Gasteiger partial charge in [-0.1, -0.05) is 114 Å². The third kappa shape index (κ3) is 7.56. The van der Waals surface area contributed by atoms with Gasteiger partial charge in [-0.05, 0) is 68.7 Å². The van der Waals surface area contributed by atoms with Gasteiger partial charge in [-0.15, -0.1) is 0 Å². The smallest absolute Gasteiger partial charge is 0.346 e. The number of hydrogen-bond acceptors (Lipinski definition) is 16. The molecule has 0 aromatic heterocycles. The molecule has 0 aliphatic carbocycles. The van der Waals surface area contributed by atoms with Crippen LogP contribution in [0, 0.1) is 0 Å². The predicted molar refractivity (Wildman–Crippen MR) is 257 cm³/mol. The Balaban J connectivity index is 1.44. The molecule has 4 aliphatic rings. The van der Waals surface area contributed by atoms with Crippen LogP contribution in [0.1, 0.15) is 61.4 Å². The third-order valence-electron chi connectivity index (χ3n) is 11.4. The van der Waals surface area contributed by atoms with Crippen LogP contribution in [0.15, 0.2) is 94.8 Å². The number of hydrogen-bond donors (Lipinski definition) is 0. The average Bonchev–Trinajstić information content (AvgIpc) is 3.91. The highest BCUT2D eigenvalue weighted by Gasteiger charge is 2.45. The second-order valence-electron chi connectivity index (χ2n) is 15.3. The normalized spacial score (nSPS) is 18.1. The Morgan fingerprint density at radius 2 is 0.852 bits per heavy atom. The highest BCUT2D eigenvalue weighted by molar-refractivity contribution is 8.30. The molecule has 0 fully saturated rings. The number of benzene rings is 3. The number of rotatable bonds is 7. The summed E-state index contributed by atoms with van der Waals surface area (Å²) in [5, 5.41) is 0. The molecule has 0 bridgehead atoms. The molecule has 0 atom stereocenters. The first-order valence-corrected chi connectivity index (χ1v) is 22.9. The van der Waals surface area contributed by atoms with Crippen LogP contribution in [0.3, 0.4) is 0 Å². The monoisotopic (exact) mass is 930 g/mol. The minimum absolute atomic E-state index is 0.150. The zero-order chi connectivity index (χ0) is 44.3. The summed E-state index contributed by atoms with van der Waals surface area (Å²) in [7, 11) is 9.15. The molecule has 0 saturated carbocycles. The summed E-state index contributed by atoms with van der Waals surface area (Å²) in [5.74, 6) is -2.82. The number of nitrogens with zero attached hydrogens (tertiary/aromatic N) is 2. The van der Waals surface area contributed by atoms with Crippen LogP contribution in [0.2, 0.25) is 0 Å². The van der Waals surface area contributed by atoms with Gasteiger partial charge in [0.05, 0.1) is 48.0 Å². The van der Waals surface area contributed by atoms with Crippen LogP contribution in [-0.4, -0.2) is 87.2 Å². The van der Waals surface area contributed by atoms with Gasteiger partial charge in [-0.2, -0.15) is 0 Å². The molecule has 4 heterocycles. The molecule has 0 amide bonds. The van der Waals surface area contributed by atoms with E-state index in [1.165, 1.54) is 75.5 Å². The van der Waals surface area contributed by atoms with Crippen LogP contribution in [-0.2, 0) is 38.1 Å². The van der Waals surface area contributed by atoms with Crippen molar-refractivity contribution < 1.29 is 38.1 Å². The topological polar surface area (TPSA) is 112 Å². The minimum atomic E-state index is -0.631. The lowest BCUT2D eigenvalue weighted by Crippen LogP contribution is -2.51. The zero-order valence-corrected chi connectivity index (χ0v) is 39.9. The molecule has 7 rings (SSSR count). The molecule has 4 aliphatic heterocycles. The molecule has 0 N–H and O–H groups in total. The van der Waals surface area contributed by atoms with Crippen LogP contribution >= 0.6 is 71.5 Å². The van der Waals surface area contributed by atoms with E-state index in [1.807, 2.05) is 32.3 Å². The van der Waals surface area contributed by atoms with Gasteiger partial charge in [0.2, 0.25) is 0 Å². The average molecular weight is 931 g/mol. The number of carbonyl (C=O) groups is 4. The molecule has 16 heteroatoms. The van der Waals surface area contributed by atoms with Gasteiger partial charge in [0.15, 0.2) is 0 Å². The third-order valence-corrected chi connectivity index (χ3v) is 18.0. The predicted octanol–water partition coefficient (Wildman–Crippen LogP) is 9.48. The standard InChI is InChI=1S/C45H42N2O8S6/c1-44(2)36(56)30(42-58-32(38(48)52-7)33(59-42)39(49)53-8)25-20-23(16-18-27(25)46(44)5)29(22-14-12-11-13-15-22)24-17-19-28-26(21-24)31(37(57)45(3,4)47(28)6)43-60-34(40(50)54-9)35(61-43)41(51)55-10/h11-21,29H,1-10H3. The summed E-state index contributed by atoms with van der Waals surface area (Å²) >= 11 is 17.2. The van der Waals surface area contributed by atoms with Crippen molar-refractivity contribution in [3.63, 3.8) is 0 Å². The minimum Gasteiger partial charge on any atom is -0.465 e. The van der Waals surface area contributed by atoms with E-state index < -0.39 is 35.0 Å². The van der Waals surface area contributed by atoms with Crippen molar-refractivity contribution in [1.29, 1.82) is 0 Å². The Morgan fingerprint density at radius 1 is 0.525 bits per heavy atom. The van der Waals surface area contributed by atoms with E-state index >= 15 is 0 Å². The Bertz CT molecular complexity index is 2380. The molecular formula is C45H42N2O8S6. The molecule has 10 nitrogen and oxygen atoms in total. The number of methoxy groups -OCH3 is 4. The van der Waals surface area contributed by atoms with E-state index in [0.717, 1.165) is 50.3 Å². The summed E-state index contributed by atoms with van der Waals surface area (Å²) in [6.45, 7) is 8.22. The van der Waals surface area contributed by atoms with Gasteiger partial charge < -0.3 is 28.7 Å². The van der Waals surface area contributed by atoms with Crippen LogP contribution in [0.5, 0.6) is 0 Å². The van der Waals surface area contributed by atoms with Gasteiger partial charge in [-0.3, -0.25) is 0 Å². The molecule has 61 heavy (non-hydrogen) atoms. The van der Waals surface area contributed by atoms with Crippen LogP contribution in [0.4, 0.5) is 11.4 Å². The molecule has 0 radical (unpaired) electrons. The van der Waals surface area contributed by atoms with Gasteiger partial charge in [0, 0.05) is 63.4 Å². The highest BCUT2D eigenvalue weighted by atomic mass is 32.2.